The largest absolute Gasteiger partial charge is 0.487 e. The van der Waals surface area contributed by atoms with Gasteiger partial charge in [-0.15, -0.1) is 0 Å². The van der Waals surface area contributed by atoms with Gasteiger partial charge < -0.3 is 43.8 Å². The zero-order valence-electron chi connectivity index (χ0n) is 49.6. The van der Waals surface area contributed by atoms with Crippen molar-refractivity contribution in [3.63, 3.8) is 0 Å². The Balaban J connectivity index is 0.000000209. The molecule has 2 N–H and O–H groups in total. The second-order valence-corrected chi connectivity index (χ2v) is 21.1. The van der Waals surface area contributed by atoms with Crippen LogP contribution in [-0.2, 0) is 29.2 Å². The maximum atomic E-state index is 13.2. The van der Waals surface area contributed by atoms with E-state index in [4.69, 9.17) is 33.2 Å². The molecule has 0 radical (unpaired) electrons. The van der Waals surface area contributed by atoms with E-state index in [1.165, 1.54) is 5.56 Å². The van der Waals surface area contributed by atoms with Crippen LogP contribution in [-0.4, -0.2) is 34.7 Å². The first-order valence-corrected chi connectivity index (χ1v) is 28.5. The number of para-hydroxylation sites is 2. The van der Waals surface area contributed by atoms with Crippen molar-refractivity contribution in [1.82, 2.24) is 9.97 Å². The molecule has 0 unspecified atom stereocenters. The SMILES string of the molecule is Cc1ccc(OCc2ccc(Cc3cc(OC=O)c(NC(=O)c4ccc(Oc5ccccc5)cc4)cc3C(C)C)cn2)cc1.Cc1ccc(OCc2ccc(Oc3cc(OC=O)c(NC(=O)c4ccc(Oc5ccccc5)cc4)cc3C(C)C)cn2)cc1. The Labute approximate surface area is 511 Å². The maximum Gasteiger partial charge on any atom is 0.298 e. The fraction of sp³-hybridized carbons (Fsp3) is 0.151. The summed E-state index contributed by atoms with van der Waals surface area (Å²) in [4.78, 5) is 58.1. The van der Waals surface area contributed by atoms with Gasteiger partial charge in [-0.25, -0.2) is 0 Å². The summed E-state index contributed by atoms with van der Waals surface area (Å²) in [5.74, 6) is 5.05. The molecule has 15 heteroatoms. The topological polar surface area (TPSA) is 183 Å². The van der Waals surface area contributed by atoms with Crippen molar-refractivity contribution in [1.29, 1.82) is 0 Å². The van der Waals surface area contributed by atoms with Crippen LogP contribution < -0.4 is 43.8 Å². The Morgan fingerprint density at radius 1 is 0.432 bits per heavy atom. The van der Waals surface area contributed by atoms with E-state index in [1.54, 1.807) is 72.9 Å². The number of rotatable bonds is 24. The van der Waals surface area contributed by atoms with Gasteiger partial charge in [0.05, 0.1) is 29.0 Å². The molecule has 0 aliphatic rings. The molecule has 0 bridgehead atoms. The number of benzene rings is 8. The van der Waals surface area contributed by atoms with Gasteiger partial charge >= 0.3 is 0 Å². The number of hydrogen-bond acceptors (Lipinski definition) is 13. The number of carbonyl (C=O) groups is 4. The lowest BCUT2D eigenvalue weighted by molar-refractivity contribution is -0.121. The minimum atomic E-state index is -0.372. The minimum Gasteiger partial charge on any atom is -0.487 e. The lowest BCUT2D eigenvalue weighted by Crippen LogP contribution is -2.14. The van der Waals surface area contributed by atoms with Crippen LogP contribution in [0.4, 0.5) is 11.4 Å². The van der Waals surface area contributed by atoms with Gasteiger partial charge in [-0.3, -0.25) is 29.1 Å². The van der Waals surface area contributed by atoms with E-state index in [1.807, 2.05) is 173 Å². The molecule has 444 valence electrons. The van der Waals surface area contributed by atoms with Crippen molar-refractivity contribution < 1.29 is 52.3 Å². The number of carbonyl (C=O) groups excluding carboxylic acids is 4. The number of nitrogens with one attached hydrogen (secondary N) is 2. The predicted molar refractivity (Wildman–Crippen MR) is 339 cm³/mol. The Morgan fingerprint density at radius 3 is 1.28 bits per heavy atom. The fourth-order valence-corrected chi connectivity index (χ4v) is 9.06. The summed E-state index contributed by atoms with van der Waals surface area (Å²) < 4.78 is 40.0. The third-order valence-corrected chi connectivity index (χ3v) is 13.8. The van der Waals surface area contributed by atoms with Gasteiger partial charge in [0.15, 0.2) is 11.5 Å². The average Bonchev–Trinajstić information content (AvgIpc) is 2.96. The summed E-state index contributed by atoms with van der Waals surface area (Å²) in [6, 6.07) is 62.8. The van der Waals surface area contributed by atoms with E-state index in [2.05, 4.69) is 34.4 Å². The van der Waals surface area contributed by atoms with Crippen molar-refractivity contribution in [2.75, 3.05) is 10.6 Å². The van der Waals surface area contributed by atoms with E-state index < -0.39 is 0 Å². The standard InChI is InChI=1S/C37H34N2O5.C36H32N2O6/c1-25(2)34-21-35(39-37(41)28-12-17-33(18-13-28)44-32-7-5-4-6-8-32)36(43-24-40)20-29(34)19-27-11-14-30(38-22-27)23-42-31-15-9-26(3)10-16-31;1-24(2)32-19-33(38-36(40)26-11-16-30(17-12-26)43-29-7-5-4-6-8-29)35(42-23-39)20-34(32)44-31-18-13-27(37-21-31)22-41-28-14-9-25(3)10-15-28/h4-18,20-22,24-25H,19,23H2,1-3H3,(H,39,41);4-21,23-24H,22H2,1-3H3,(H,38,40). The van der Waals surface area contributed by atoms with Crippen molar-refractivity contribution in [2.24, 2.45) is 0 Å². The van der Waals surface area contributed by atoms with Gasteiger partial charge in [0.2, 0.25) is 0 Å². The van der Waals surface area contributed by atoms with E-state index in [0.29, 0.717) is 89.6 Å². The smallest absolute Gasteiger partial charge is 0.298 e. The molecule has 0 aliphatic carbocycles. The first-order valence-electron chi connectivity index (χ1n) is 28.5. The zero-order chi connectivity index (χ0) is 61.8. The van der Waals surface area contributed by atoms with E-state index in [9.17, 15) is 19.2 Å². The summed E-state index contributed by atoms with van der Waals surface area (Å²) in [6.45, 7) is 13.6. The number of hydrogen-bond donors (Lipinski definition) is 2. The van der Waals surface area contributed by atoms with Gasteiger partial charge in [-0.2, -0.15) is 0 Å². The van der Waals surface area contributed by atoms with Gasteiger partial charge in [0, 0.05) is 23.4 Å². The predicted octanol–water partition coefficient (Wildman–Crippen LogP) is 16.7. The van der Waals surface area contributed by atoms with Gasteiger partial charge in [0.25, 0.3) is 24.8 Å². The Kier molecular flexibility index (Phi) is 21.1. The number of ether oxygens (including phenoxy) is 7. The number of nitrogens with zero attached hydrogens (tertiary/aromatic N) is 2. The van der Waals surface area contributed by atoms with Gasteiger partial charge in [0.1, 0.15) is 59.2 Å². The number of pyridine rings is 2. The monoisotopic (exact) mass is 1170 g/mol. The summed E-state index contributed by atoms with van der Waals surface area (Å²) in [5.41, 5.74) is 9.31. The second-order valence-electron chi connectivity index (χ2n) is 21.1. The van der Waals surface area contributed by atoms with Crippen molar-refractivity contribution in [3.8, 4) is 57.5 Å². The number of aryl methyl sites for hydroxylation is 2. The molecule has 10 aromatic rings. The highest BCUT2D eigenvalue weighted by molar-refractivity contribution is 6.06. The van der Waals surface area contributed by atoms with Crippen LogP contribution in [0.3, 0.4) is 0 Å². The fourth-order valence-electron chi connectivity index (χ4n) is 9.06. The van der Waals surface area contributed by atoms with E-state index in [-0.39, 0.29) is 35.1 Å². The average molecular weight is 1180 g/mol. The molecule has 88 heavy (non-hydrogen) atoms. The molecule has 10 rings (SSSR count). The van der Waals surface area contributed by atoms with E-state index >= 15 is 0 Å². The number of anilines is 2. The van der Waals surface area contributed by atoms with Gasteiger partial charge in [-0.05, 0) is 188 Å². The lowest BCUT2D eigenvalue weighted by atomic mass is 9.92. The number of aromatic nitrogens is 2. The Bertz CT molecular complexity index is 3660. The van der Waals surface area contributed by atoms with Crippen LogP contribution in [0.1, 0.15) is 105 Å². The molecule has 2 heterocycles. The molecule has 15 nitrogen and oxygen atoms in total. The summed E-state index contributed by atoms with van der Waals surface area (Å²) in [6.07, 6.45) is 4.02. The molecule has 0 atom stereocenters. The van der Waals surface area contributed by atoms with Crippen LogP contribution >= 0.6 is 0 Å². The van der Waals surface area contributed by atoms with Crippen LogP contribution in [0.5, 0.6) is 57.5 Å². The molecule has 0 fully saturated rings. The maximum absolute atomic E-state index is 13.2. The third-order valence-electron chi connectivity index (χ3n) is 13.8. The van der Waals surface area contributed by atoms with Crippen LogP contribution in [0, 0.1) is 13.8 Å². The zero-order valence-corrected chi connectivity index (χ0v) is 49.6. The quantitative estimate of drug-likeness (QED) is 0.0546. The van der Waals surface area contributed by atoms with E-state index in [0.717, 1.165) is 50.7 Å². The first kappa shape index (κ1) is 61.5. The summed E-state index contributed by atoms with van der Waals surface area (Å²) in [5, 5.41) is 5.78. The molecular weight excluding hydrogens is 1110 g/mol. The van der Waals surface area contributed by atoms with Crippen molar-refractivity contribution in [3.05, 3.63) is 275 Å². The molecule has 0 saturated heterocycles. The first-order chi connectivity index (χ1) is 42.7. The van der Waals surface area contributed by atoms with Crippen molar-refractivity contribution in [2.45, 2.75) is 73.0 Å². The highest BCUT2D eigenvalue weighted by Crippen LogP contribution is 2.40. The molecule has 0 spiro atoms. The third kappa shape index (κ3) is 17.5. The number of amides is 2. The lowest BCUT2D eigenvalue weighted by Gasteiger charge is -2.18. The molecular formula is C73H66N4O11. The molecule has 0 saturated carbocycles. The van der Waals surface area contributed by atoms with Crippen molar-refractivity contribution >= 4 is 36.1 Å². The highest BCUT2D eigenvalue weighted by atomic mass is 16.5. The molecule has 2 amide bonds. The Hall–Kier alpha value is -11.1. The molecule has 8 aromatic carbocycles. The van der Waals surface area contributed by atoms with Crippen LogP contribution in [0.15, 0.2) is 219 Å². The van der Waals surface area contributed by atoms with Crippen LogP contribution in [0.2, 0.25) is 0 Å². The normalized spacial score (nSPS) is 10.7. The highest BCUT2D eigenvalue weighted by Gasteiger charge is 2.20. The Morgan fingerprint density at radius 2 is 0.852 bits per heavy atom. The molecule has 2 aromatic heterocycles. The summed E-state index contributed by atoms with van der Waals surface area (Å²) in [7, 11) is 0. The molecule has 0 aliphatic heterocycles. The minimum absolute atomic E-state index is 0.0236. The summed E-state index contributed by atoms with van der Waals surface area (Å²) >= 11 is 0. The van der Waals surface area contributed by atoms with Crippen LogP contribution in [0.25, 0.3) is 0 Å². The van der Waals surface area contributed by atoms with Gasteiger partial charge in [-0.1, -0.05) is 106 Å². The second kappa shape index (κ2) is 30.1.